The number of thioether (sulfide) groups is 1. The van der Waals surface area contributed by atoms with E-state index < -0.39 is 11.9 Å². The minimum atomic E-state index is -0.807. The largest absolute Gasteiger partial charge is 0.378 e. The average molecular weight is 545 g/mol. The van der Waals surface area contributed by atoms with E-state index in [0.29, 0.717) is 29.2 Å². The van der Waals surface area contributed by atoms with E-state index in [1.165, 1.54) is 11.8 Å². The molecular formula is C30H32N4O4S. The van der Waals surface area contributed by atoms with Gasteiger partial charge in [-0.05, 0) is 70.8 Å². The van der Waals surface area contributed by atoms with Crippen LogP contribution in [0.15, 0.2) is 78.9 Å². The van der Waals surface area contributed by atoms with Crippen molar-refractivity contribution in [2.45, 2.75) is 18.9 Å². The van der Waals surface area contributed by atoms with Crippen molar-refractivity contribution in [2.24, 2.45) is 0 Å². The third-order valence-corrected chi connectivity index (χ3v) is 7.52. The topological polar surface area (TPSA) is 111 Å². The molecule has 0 radical (unpaired) electrons. The zero-order valence-electron chi connectivity index (χ0n) is 21.9. The number of hydrogen-bond donors (Lipinski definition) is 4. The van der Waals surface area contributed by atoms with Crippen molar-refractivity contribution in [3.63, 3.8) is 0 Å². The fraction of sp³-hybridized carbons (Fsp3) is 0.233. The van der Waals surface area contributed by atoms with Gasteiger partial charge in [0.1, 0.15) is 6.04 Å². The first-order valence-corrected chi connectivity index (χ1v) is 13.8. The zero-order valence-corrected chi connectivity index (χ0v) is 22.8. The highest BCUT2D eigenvalue weighted by Gasteiger charge is 2.22. The third kappa shape index (κ3) is 7.28. The molecule has 0 saturated heterocycles. The Morgan fingerprint density at radius 1 is 0.897 bits per heavy atom. The lowest BCUT2D eigenvalue weighted by Crippen LogP contribution is -2.45. The van der Waals surface area contributed by atoms with Crippen molar-refractivity contribution in [1.82, 2.24) is 10.8 Å². The second-order valence-electron chi connectivity index (χ2n) is 9.40. The second kappa shape index (κ2) is 13.1. The van der Waals surface area contributed by atoms with E-state index in [0.717, 1.165) is 27.2 Å². The fourth-order valence-electron chi connectivity index (χ4n) is 4.22. The summed E-state index contributed by atoms with van der Waals surface area (Å²) in [5.74, 6) is -0.214. The lowest BCUT2D eigenvalue weighted by molar-refractivity contribution is -0.129. The van der Waals surface area contributed by atoms with Gasteiger partial charge in [-0.25, -0.2) is 5.48 Å². The van der Waals surface area contributed by atoms with E-state index in [9.17, 15) is 14.4 Å². The molecule has 0 saturated carbocycles. The van der Waals surface area contributed by atoms with Gasteiger partial charge in [0.2, 0.25) is 11.8 Å². The molecule has 39 heavy (non-hydrogen) atoms. The van der Waals surface area contributed by atoms with Gasteiger partial charge in [0.15, 0.2) is 0 Å². The molecule has 3 amide bonds. The van der Waals surface area contributed by atoms with Crippen LogP contribution in [0.1, 0.15) is 23.2 Å². The van der Waals surface area contributed by atoms with Crippen LogP contribution in [0.25, 0.3) is 21.5 Å². The van der Waals surface area contributed by atoms with Gasteiger partial charge >= 0.3 is 0 Å². The molecule has 0 aliphatic heterocycles. The van der Waals surface area contributed by atoms with Gasteiger partial charge in [-0.15, -0.1) is 0 Å². The summed E-state index contributed by atoms with van der Waals surface area (Å²) in [5.41, 5.74) is 3.71. The number of amides is 3. The molecule has 0 spiro atoms. The monoisotopic (exact) mass is 544 g/mol. The quantitative estimate of drug-likeness (QED) is 0.0933. The van der Waals surface area contributed by atoms with Gasteiger partial charge in [0.25, 0.3) is 5.91 Å². The molecule has 0 unspecified atom stereocenters. The molecule has 0 aliphatic carbocycles. The Balaban J connectivity index is 1.52. The highest BCUT2D eigenvalue weighted by Crippen LogP contribution is 2.28. The number of fused-ring (bicyclic) bond motifs is 2. The summed E-state index contributed by atoms with van der Waals surface area (Å²) in [5, 5.41) is 18.7. The minimum absolute atomic E-state index is 0.176. The average Bonchev–Trinajstić information content (AvgIpc) is 2.95. The van der Waals surface area contributed by atoms with Crippen molar-refractivity contribution in [1.29, 1.82) is 0 Å². The molecule has 202 valence electrons. The van der Waals surface area contributed by atoms with Crippen LogP contribution in [0.3, 0.4) is 0 Å². The Hall–Kier alpha value is -4.08. The van der Waals surface area contributed by atoms with Crippen molar-refractivity contribution in [3.05, 3.63) is 84.4 Å². The number of nitrogens with zero attached hydrogens (tertiary/aromatic N) is 1. The number of hydroxylamine groups is 1. The van der Waals surface area contributed by atoms with Crippen LogP contribution in [0.2, 0.25) is 0 Å². The fourth-order valence-corrected chi connectivity index (χ4v) is 5.21. The van der Waals surface area contributed by atoms with E-state index in [1.54, 1.807) is 17.6 Å². The normalized spacial score (nSPS) is 11.7. The Morgan fingerprint density at radius 3 is 2.28 bits per heavy atom. The Kier molecular flexibility index (Phi) is 9.40. The van der Waals surface area contributed by atoms with Crippen LogP contribution in [0.4, 0.5) is 11.4 Å². The SMILES string of the molecule is CN(C)c1ccc(C(=O)N[C@@H](CSCCCC(=O)NO)C(=O)Nc2cccc3cc4ccccc4cc23)cc1. The molecule has 9 heteroatoms. The Labute approximate surface area is 231 Å². The molecular weight excluding hydrogens is 512 g/mol. The molecule has 0 aliphatic rings. The van der Waals surface area contributed by atoms with Gasteiger partial charge in [-0.3, -0.25) is 19.6 Å². The first-order valence-electron chi connectivity index (χ1n) is 12.7. The highest BCUT2D eigenvalue weighted by atomic mass is 32.2. The van der Waals surface area contributed by atoms with E-state index in [-0.39, 0.29) is 18.2 Å². The van der Waals surface area contributed by atoms with Crippen LogP contribution >= 0.6 is 11.8 Å². The molecule has 0 aromatic heterocycles. The molecule has 4 aromatic carbocycles. The van der Waals surface area contributed by atoms with Crippen molar-refractivity contribution in [3.8, 4) is 0 Å². The maximum Gasteiger partial charge on any atom is 0.251 e. The predicted octanol–water partition coefficient (Wildman–Crippen LogP) is 4.81. The van der Waals surface area contributed by atoms with Crippen LogP contribution in [0, 0.1) is 0 Å². The van der Waals surface area contributed by atoms with E-state index in [1.807, 2.05) is 67.5 Å². The number of carbonyl (C=O) groups is 3. The number of anilines is 2. The Morgan fingerprint density at radius 2 is 1.59 bits per heavy atom. The van der Waals surface area contributed by atoms with Gasteiger partial charge < -0.3 is 15.5 Å². The molecule has 1 atom stereocenters. The predicted molar refractivity (Wildman–Crippen MR) is 159 cm³/mol. The summed E-state index contributed by atoms with van der Waals surface area (Å²) >= 11 is 1.46. The number of benzene rings is 4. The van der Waals surface area contributed by atoms with E-state index in [4.69, 9.17) is 5.21 Å². The Bertz CT molecular complexity index is 1470. The lowest BCUT2D eigenvalue weighted by Gasteiger charge is -2.20. The summed E-state index contributed by atoms with van der Waals surface area (Å²) < 4.78 is 0. The zero-order chi connectivity index (χ0) is 27.8. The third-order valence-electron chi connectivity index (χ3n) is 6.37. The summed E-state index contributed by atoms with van der Waals surface area (Å²) in [7, 11) is 3.85. The number of rotatable bonds is 11. The lowest BCUT2D eigenvalue weighted by atomic mass is 10.0. The molecule has 8 nitrogen and oxygen atoms in total. The summed E-state index contributed by atoms with van der Waals surface area (Å²) in [6.45, 7) is 0. The molecule has 0 bridgehead atoms. The van der Waals surface area contributed by atoms with Crippen LogP contribution in [-0.2, 0) is 9.59 Å². The summed E-state index contributed by atoms with van der Waals surface area (Å²) in [6, 6.07) is 24.3. The maximum atomic E-state index is 13.5. The van der Waals surface area contributed by atoms with Crippen molar-refractivity contribution in [2.75, 3.05) is 35.8 Å². The number of hydrogen-bond acceptors (Lipinski definition) is 6. The summed E-state index contributed by atoms with van der Waals surface area (Å²) in [4.78, 5) is 39.8. The van der Waals surface area contributed by atoms with Crippen LogP contribution in [-0.4, -0.2) is 54.6 Å². The first kappa shape index (κ1) is 27.9. The standard InChI is InChI=1S/C30H32N4O4S/c1-34(2)24-14-12-20(13-15-24)29(36)32-27(19-39-16-6-11-28(35)33-38)30(37)31-26-10-5-9-23-17-21-7-3-4-8-22(21)18-25(23)26/h3-5,7-10,12-15,17-18,27,38H,6,11,16,19H2,1-2H3,(H,31,37)(H,32,36)(H,33,35)/t27-/m0/s1. The number of carbonyl (C=O) groups excluding carboxylic acids is 3. The van der Waals surface area contributed by atoms with Crippen LogP contribution < -0.4 is 21.0 Å². The molecule has 0 heterocycles. The molecule has 4 N–H and O–H groups in total. The van der Waals surface area contributed by atoms with Gasteiger partial charge in [0, 0.05) is 48.6 Å². The molecule has 0 fully saturated rings. The first-order chi connectivity index (χ1) is 18.9. The minimum Gasteiger partial charge on any atom is -0.378 e. The molecule has 4 rings (SSSR count). The van der Waals surface area contributed by atoms with E-state index >= 15 is 0 Å². The van der Waals surface area contributed by atoms with E-state index in [2.05, 4.69) is 28.8 Å². The van der Waals surface area contributed by atoms with Crippen molar-refractivity contribution >= 4 is 62.4 Å². The molecule has 4 aromatic rings. The van der Waals surface area contributed by atoms with Gasteiger partial charge in [-0.2, -0.15) is 11.8 Å². The van der Waals surface area contributed by atoms with Gasteiger partial charge in [-0.1, -0.05) is 36.4 Å². The van der Waals surface area contributed by atoms with Gasteiger partial charge in [0.05, 0.1) is 0 Å². The number of nitrogens with one attached hydrogen (secondary N) is 3. The maximum absolute atomic E-state index is 13.5. The second-order valence-corrected chi connectivity index (χ2v) is 10.5. The van der Waals surface area contributed by atoms with Crippen LogP contribution in [0.5, 0.6) is 0 Å². The smallest absolute Gasteiger partial charge is 0.251 e. The van der Waals surface area contributed by atoms with Crippen molar-refractivity contribution < 1.29 is 19.6 Å². The summed E-state index contributed by atoms with van der Waals surface area (Å²) in [6.07, 6.45) is 0.705. The highest BCUT2D eigenvalue weighted by molar-refractivity contribution is 7.99.